The molecule has 130 valence electrons. The number of rotatable bonds is 3. The molecule has 0 fully saturated rings. The van der Waals surface area contributed by atoms with Crippen LogP contribution >= 0.6 is 0 Å². The highest BCUT2D eigenvalue weighted by Gasteiger charge is 2.17. The molecule has 6 nitrogen and oxygen atoms in total. The molecule has 0 spiro atoms. The van der Waals surface area contributed by atoms with E-state index in [2.05, 4.69) is 10.3 Å². The molecule has 0 aliphatic carbocycles. The molecule has 1 N–H and O–H groups in total. The lowest BCUT2D eigenvalue weighted by Crippen LogP contribution is -2.24. The Morgan fingerprint density at radius 3 is 2.65 bits per heavy atom. The second-order valence-corrected chi connectivity index (χ2v) is 6.30. The van der Waals surface area contributed by atoms with E-state index in [0.29, 0.717) is 28.9 Å². The fraction of sp³-hybridized carbons (Fsp3) is 0.150. The monoisotopic (exact) mass is 346 g/mol. The summed E-state index contributed by atoms with van der Waals surface area (Å²) in [5.74, 6) is -0.237. The Bertz CT molecular complexity index is 1190. The number of nitrogens with zero attached hydrogens (tertiary/aromatic N) is 3. The summed E-state index contributed by atoms with van der Waals surface area (Å²) in [6, 6.07) is 15.0. The maximum atomic E-state index is 12.8. The average molecular weight is 346 g/mol. The van der Waals surface area contributed by atoms with Crippen molar-refractivity contribution in [2.24, 2.45) is 7.05 Å². The van der Waals surface area contributed by atoms with E-state index >= 15 is 0 Å². The Kier molecular flexibility index (Phi) is 3.80. The van der Waals surface area contributed by atoms with Crippen LogP contribution in [0.1, 0.15) is 21.6 Å². The van der Waals surface area contributed by atoms with Gasteiger partial charge in [0.15, 0.2) is 0 Å². The number of benzene rings is 1. The quantitative estimate of drug-likeness (QED) is 0.619. The number of carbonyl (C=O) groups is 1. The van der Waals surface area contributed by atoms with Gasteiger partial charge in [0.25, 0.3) is 11.5 Å². The lowest BCUT2D eigenvalue weighted by atomic mass is 10.2. The predicted molar refractivity (Wildman–Crippen MR) is 100 cm³/mol. The fourth-order valence-electron chi connectivity index (χ4n) is 3.12. The highest BCUT2D eigenvalue weighted by atomic mass is 16.2. The highest BCUT2D eigenvalue weighted by Crippen LogP contribution is 2.16. The van der Waals surface area contributed by atoms with Crippen molar-refractivity contribution < 1.29 is 4.79 Å². The van der Waals surface area contributed by atoms with E-state index in [1.807, 2.05) is 49.4 Å². The van der Waals surface area contributed by atoms with Crippen molar-refractivity contribution in [2.45, 2.75) is 13.5 Å². The van der Waals surface area contributed by atoms with Crippen molar-refractivity contribution in [1.29, 1.82) is 0 Å². The van der Waals surface area contributed by atoms with Crippen molar-refractivity contribution in [3.05, 3.63) is 81.9 Å². The zero-order valence-electron chi connectivity index (χ0n) is 14.6. The molecule has 3 aromatic heterocycles. The molecule has 0 atom stereocenters. The smallest absolute Gasteiger partial charge is 0.268 e. The summed E-state index contributed by atoms with van der Waals surface area (Å²) < 4.78 is 3.19. The third-order valence-electron chi connectivity index (χ3n) is 4.55. The van der Waals surface area contributed by atoms with Crippen LogP contribution in [-0.2, 0) is 13.6 Å². The Labute approximate surface area is 149 Å². The number of aromatic nitrogens is 3. The van der Waals surface area contributed by atoms with Gasteiger partial charge in [0, 0.05) is 19.8 Å². The summed E-state index contributed by atoms with van der Waals surface area (Å²) in [5.41, 5.74) is 3.26. The lowest BCUT2D eigenvalue weighted by Gasteiger charge is -2.07. The summed E-state index contributed by atoms with van der Waals surface area (Å²) in [7, 11) is 1.75. The van der Waals surface area contributed by atoms with Gasteiger partial charge in [-0.25, -0.2) is 4.98 Å². The first-order chi connectivity index (χ1) is 12.6. The molecule has 6 heteroatoms. The highest BCUT2D eigenvalue weighted by molar-refractivity contribution is 5.98. The van der Waals surface area contributed by atoms with Crippen LogP contribution in [0.25, 0.3) is 16.7 Å². The number of hydrogen-bond donors (Lipinski definition) is 1. The molecule has 0 unspecified atom stereocenters. The van der Waals surface area contributed by atoms with E-state index in [0.717, 1.165) is 11.1 Å². The van der Waals surface area contributed by atoms with Gasteiger partial charge in [-0.1, -0.05) is 36.4 Å². The minimum absolute atomic E-state index is 0.175. The van der Waals surface area contributed by atoms with Crippen LogP contribution in [0.2, 0.25) is 0 Å². The summed E-state index contributed by atoms with van der Waals surface area (Å²) in [6.45, 7) is 2.33. The van der Waals surface area contributed by atoms with Crippen LogP contribution in [-0.4, -0.2) is 19.9 Å². The van der Waals surface area contributed by atoms with Gasteiger partial charge in [-0.3, -0.25) is 14.0 Å². The number of pyridine rings is 1. The molecular formula is C20H18N4O2. The van der Waals surface area contributed by atoms with Crippen molar-refractivity contribution >= 4 is 22.6 Å². The molecule has 0 radical (unpaired) electrons. The van der Waals surface area contributed by atoms with Crippen LogP contribution < -0.4 is 10.9 Å². The first-order valence-corrected chi connectivity index (χ1v) is 8.36. The van der Waals surface area contributed by atoms with Gasteiger partial charge in [0.2, 0.25) is 0 Å². The van der Waals surface area contributed by atoms with Crippen LogP contribution in [0.4, 0.5) is 0 Å². The summed E-state index contributed by atoms with van der Waals surface area (Å²) in [5, 5.41) is 3.32. The molecule has 0 saturated heterocycles. The third-order valence-corrected chi connectivity index (χ3v) is 4.55. The van der Waals surface area contributed by atoms with Crippen LogP contribution in [0.15, 0.2) is 59.5 Å². The summed E-state index contributed by atoms with van der Waals surface area (Å²) in [4.78, 5) is 30.0. The van der Waals surface area contributed by atoms with E-state index in [1.54, 1.807) is 23.9 Å². The molecule has 1 aromatic carbocycles. The van der Waals surface area contributed by atoms with Gasteiger partial charge >= 0.3 is 0 Å². The van der Waals surface area contributed by atoms with Crippen molar-refractivity contribution in [1.82, 2.24) is 19.3 Å². The van der Waals surface area contributed by atoms with Gasteiger partial charge in [-0.05, 0) is 30.2 Å². The van der Waals surface area contributed by atoms with E-state index in [4.69, 9.17) is 0 Å². The summed E-state index contributed by atoms with van der Waals surface area (Å²) in [6.07, 6.45) is 1.69. The predicted octanol–water partition coefficient (Wildman–Crippen LogP) is 2.42. The second kappa shape index (κ2) is 6.15. The Morgan fingerprint density at radius 1 is 1.12 bits per heavy atom. The van der Waals surface area contributed by atoms with Gasteiger partial charge in [0.1, 0.15) is 17.0 Å². The van der Waals surface area contributed by atoms with Gasteiger partial charge in [0.05, 0.1) is 5.39 Å². The number of amides is 1. The molecule has 26 heavy (non-hydrogen) atoms. The maximum Gasteiger partial charge on any atom is 0.268 e. The fourth-order valence-corrected chi connectivity index (χ4v) is 3.12. The van der Waals surface area contributed by atoms with E-state index in [-0.39, 0.29) is 11.5 Å². The normalized spacial score (nSPS) is 11.2. The van der Waals surface area contributed by atoms with Crippen molar-refractivity contribution in [2.75, 3.05) is 0 Å². The molecule has 1 amide bonds. The number of hydrogen-bond acceptors (Lipinski definition) is 3. The zero-order chi connectivity index (χ0) is 18.3. The minimum atomic E-state index is -0.237. The Morgan fingerprint density at radius 2 is 1.88 bits per heavy atom. The van der Waals surface area contributed by atoms with Crippen LogP contribution in [0, 0.1) is 6.92 Å². The van der Waals surface area contributed by atoms with Crippen LogP contribution in [0.5, 0.6) is 0 Å². The molecular weight excluding hydrogens is 328 g/mol. The molecule has 4 rings (SSSR count). The Balaban J connectivity index is 1.76. The standard InChI is InChI=1S/C20H18N4O2/c1-13-7-6-10-24-17(13)22-18-15(20(24)26)11-16(23(18)2)19(25)21-12-14-8-4-3-5-9-14/h3-11H,12H2,1-2H3,(H,21,25). The molecule has 0 bridgehead atoms. The van der Waals surface area contributed by atoms with E-state index in [9.17, 15) is 9.59 Å². The van der Waals surface area contributed by atoms with Gasteiger partial charge in [-0.15, -0.1) is 0 Å². The van der Waals surface area contributed by atoms with Gasteiger partial charge < -0.3 is 9.88 Å². The lowest BCUT2D eigenvalue weighted by molar-refractivity contribution is 0.0943. The van der Waals surface area contributed by atoms with Crippen molar-refractivity contribution in [3.63, 3.8) is 0 Å². The van der Waals surface area contributed by atoms with Gasteiger partial charge in [-0.2, -0.15) is 0 Å². The number of carbonyl (C=O) groups excluding carboxylic acids is 1. The molecule has 0 aliphatic heterocycles. The average Bonchev–Trinajstić information content (AvgIpc) is 2.99. The molecule has 0 aliphatic rings. The van der Waals surface area contributed by atoms with Crippen LogP contribution in [0.3, 0.4) is 0 Å². The SMILES string of the molecule is Cc1cccn2c(=O)c3cc(C(=O)NCc4ccccc4)n(C)c3nc12. The van der Waals surface area contributed by atoms with E-state index in [1.165, 1.54) is 4.40 Å². The first kappa shape index (κ1) is 16.1. The summed E-state index contributed by atoms with van der Waals surface area (Å²) >= 11 is 0. The molecule has 3 heterocycles. The van der Waals surface area contributed by atoms with E-state index < -0.39 is 0 Å². The third kappa shape index (κ3) is 2.56. The number of aryl methyl sites for hydroxylation is 2. The molecule has 0 saturated carbocycles. The molecule has 4 aromatic rings. The maximum absolute atomic E-state index is 12.8. The number of nitrogens with one attached hydrogen (secondary N) is 1. The number of fused-ring (bicyclic) bond motifs is 2. The Hall–Kier alpha value is -3.41. The first-order valence-electron chi connectivity index (χ1n) is 8.36. The van der Waals surface area contributed by atoms with Crippen molar-refractivity contribution in [3.8, 4) is 0 Å². The minimum Gasteiger partial charge on any atom is -0.347 e. The topological polar surface area (TPSA) is 68.4 Å². The second-order valence-electron chi connectivity index (χ2n) is 6.30. The largest absolute Gasteiger partial charge is 0.347 e. The zero-order valence-corrected chi connectivity index (χ0v) is 14.6.